The van der Waals surface area contributed by atoms with Crippen LogP contribution in [0.25, 0.3) is 6.08 Å². The monoisotopic (exact) mass is 420 g/mol. The summed E-state index contributed by atoms with van der Waals surface area (Å²) in [7, 11) is 1.49. The van der Waals surface area contributed by atoms with E-state index in [-0.39, 0.29) is 11.3 Å². The lowest BCUT2D eigenvalue weighted by Crippen LogP contribution is -2.33. The Labute approximate surface area is 180 Å². The summed E-state index contributed by atoms with van der Waals surface area (Å²) >= 11 is 0. The van der Waals surface area contributed by atoms with E-state index in [1.807, 2.05) is 6.07 Å². The number of hydrogen-bond donors (Lipinski definition) is 1. The minimum Gasteiger partial charge on any atom is -0.495 e. The third-order valence-corrected chi connectivity index (χ3v) is 5.37. The summed E-state index contributed by atoms with van der Waals surface area (Å²) in [6.07, 6.45) is 3.43. The van der Waals surface area contributed by atoms with Crippen molar-refractivity contribution in [1.29, 1.82) is 5.26 Å². The Kier molecular flexibility index (Phi) is 6.88. The van der Waals surface area contributed by atoms with Gasteiger partial charge in [0.25, 0.3) is 11.6 Å². The van der Waals surface area contributed by atoms with Crippen molar-refractivity contribution >= 4 is 29.0 Å². The Balaban J connectivity index is 1.96. The number of anilines is 2. The van der Waals surface area contributed by atoms with Crippen molar-refractivity contribution in [3.63, 3.8) is 0 Å². The first-order valence-corrected chi connectivity index (χ1v) is 10.0. The number of amides is 1. The number of nitro benzene ring substituents is 1. The van der Waals surface area contributed by atoms with Crippen molar-refractivity contribution < 1.29 is 14.5 Å². The maximum atomic E-state index is 12.8. The van der Waals surface area contributed by atoms with Crippen molar-refractivity contribution in [2.75, 3.05) is 30.4 Å². The lowest BCUT2D eigenvalue weighted by atomic mass is 9.97. The fourth-order valence-corrected chi connectivity index (χ4v) is 3.55. The number of carbonyl (C=O) groups is 1. The molecule has 160 valence electrons. The van der Waals surface area contributed by atoms with Gasteiger partial charge in [-0.25, -0.2) is 0 Å². The molecule has 0 aromatic heterocycles. The molecule has 8 heteroatoms. The highest BCUT2D eigenvalue weighted by atomic mass is 16.6. The first-order valence-electron chi connectivity index (χ1n) is 10.0. The second-order valence-corrected chi connectivity index (χ2v) is 7.49. The molecule has 8 nitrogen and oxygen atoms in total. The minimum atomic E-state index is -0.614. The topological polar surface area (TPSA) is 108 Å². The summed E-state index contributed by atoms with van der Waals surface area (Å²) in [5, 5.41) is 23.6. The van der Waals surface area contributed by atoms with Crippen molar-refractivity contribution in [3.8, 4) is 11.8 Å². The van der Waals surface area contributed by atoms with Gasteiger partial charge in [0, 0.05) is 36.5 Å². The van der Waals surface area contributed by atoms with Gasteiger partial charge >= 0.3 is 0 Å². The van der Waals surface area contributed by atoms with E-state index in [9.17, 15) is 20.2 Å². The Morgan fingerprint density at radius 2 is 2.00 bits per heavy atom. The highest BCUT2D eigenvalue weighted by molar-refractivity contribution is 6.10. The number of piperidine rings is 1. The average Bonchev–Trinajstić information content (AvgIpc) is 2.78. The van der Waals surface area contributed by atoms with Crippen LogP contribution in [0.15, 0.2) is 48.0 Å². The third kappa shape index (κ3) is 5.20. The first kappa shape index (κ1) is 21.8. The normalized spacial score (nSPS) is 14.6. The fraction of sp³-hybridized carbons (Fsp3) is 0.304. The van der Waals surface area contributed by atoms with E-state index in [0.717, 1.165) is 31.6 Å². The van der Waals surface area contributed by atoms with Crippen LogP contribution in [0.4, 0.5) is 17.1 Å². The molecule has 0 saturated carbocycles. The molecule has 31 heavy (non-hydrogen) atoms. The number of non-ortho nitro benzene ring substituents is 1. The molecule has 2 aromatic rings. The maximum absolute atomic E-state index is 12.8. The van der Waals surface area contributed by atoms with Gasteiger partial charge in [0.05, 0.1) is 17.7 Å². The summed E-state index contributed by atoms with van der Waals surface area (Å²) in [5.74, 6) is 0.470. The highest BCUT2D eigenvalue weighted by Gasteiger charge is 2.21. The molecule has 3 rings (SSSR count). The number of nitrogens with one attached hydrogen (secondary N) is 1. The zero-order valence-electron chi connectivity index (χ0n) is 17.5. The van der Waals surface area contributed by atoms with E-state index >= 15 is 0 Å². The smallest absolute Gasteiger partial charge is 0.270 e. The Hall–Kier alpha value is -3.86. The van der Waals surface area contributed by atoms with Crippen LogP contribution in [-0.2, 0) is 4.79 Å². The highest BCUT2D eigenvalue weighted by Crippen LogP contribution is 2.31. The van der Waals surface area contributed by atoms with Crippen LogP contribution in [0, 0.1) is 27.4 Å². The van der Waals surface area contributed by atoms with Gasteiger partial charge < -0.3 is 15.0 Å². The molecule has 1 aliphatic heterocycles. The van der Waals surface area contributed by atoms with Gasteiger partial charge in [0.2, 0.25) is 0 Å². The van der Waals surface area contributed by atoms with E-state index in [1.165, 1.54) is 25.3 Å². The number of para-hydroxylation sites is 2. The largest absolute Gasteiger partial charge is 0.495 e. The van der Waals surface area contributed by atoms with E-state index in [0.29, 0.717) is 22.9 Å². The molecular weight excluding hydrogens is 396 g/mol. The van der Waals surface area contributed by atoms with Crippen molar-refractivity contribution in [3.05, 3.63) is 63.7 Å². The Morgan fingerprint density at radius 3 is 2.65 bits per heavy atom. The number of hydrogen-bond acceptors (Lipinski definition) is 6. The van der Waals surface area contributed by atoms with Crippen molar-refractivity contribution in [1.82, 2.24) is 0 Å². The van der Waals surface area contributed by atoms with Crippen molar-refractivity contribution in [2.45, 2.75) is 19.8 Å². The quantitative estimate of drug-likeness (QED) is 0.321. The molecule has 0 aliphatic carbocycles. The van der Waals surface area contributed by atoms with Gasteiger partial charge in [0.15, 0.2) is 0 Å². The number of nitrogens with zero attached hydrogens (tertiary/aromatic N) is 3. The summed E-state index contributed by atoms with van der Waals surface area (Å²) in [6, 6.07) is 13.3. The molecule has 2 aromatic carbocycles. The number of ether oxygens (including phenoxy) is 1. The van der Waals surface area contributed by atoms with Crippen molar-refractivity contribution in [2.24, 2.45) is 5.92 Å². The molecule has 0 bridgehead atoms. The summed E-state index contributed by atoms with van der Waals surface area (Å²) in [5.41, 5.74) is 1.42. The number of methoxy groups -OCH3 is 1. The first-order chi connectivity index (χ1) is 14.9. The fourth-order valence-electron chi connectivity index (χ4n) is 3.55. The standard InChI is InChI=1S/C23H24N4O4/c1-16-9-11-26(12-10-16)21-8-7-19(27(29)30)14-17(21)13-18(15-24)23(28)25-20-5-3-4-6-22(20)31-2/h3-8,13-14,16H,9-12H2,1-2H3,(H,25,28)/b18-13+. The number of benzene rings is 2. The average molecular weight is 420 g/mol. The molecule has 0 atom stereocenters. The Morgan fingerprint density at radius 1 is 1.29 bits per heavy atom. The minimum absolute atomic E-state index is 0.0946. The van der Waals surface area contributed by atoms with Crippen LogP contribution in [0.5, 0.6) is 5.75 Å². The van der Waals surface area contributed by atoms with E-state index in [2.05, 4.69) is 17.1 Å². The number of rotatable bonds is 6. The van der Waals surface area contributed by atoms with Gasteiger partial charge in [0.1, 0.15) is 17.4 Å². The summed E-state index contributed by atoms with van der Waals surface area (Å²) in [6.45, 7) is 3.83. The zero-order valence-corrected chi connectivity index (χ0v) is 17.5. The Bertz CT molecular complexity index is 1050. The molecule has 0 radical (unpaired) electrons. The molecule has 0 unspecified atom stereocenters. The molecule has 1 aliphatic rings. The molecule has 1 N–H and O–H groups in total. The second kappa shape index (κ2) is 9.76. The lowest BCUT2D eigenvalue weighted by Gasteiger charge is -2.33. The zero-order chi connectivity index (χ0) is 22.4. The SMILES string of the molecule is COc1ccccc1NC(=O)/C(C#N)=C/c1cc([N+](=O)[O-])ccc1N1CCC(C)CC1. The van der Waals surface area contributed by atoms with E-state index in [4.69, 9.17) is 4.74 Å². The van der Waals surface area contributed by atoms with Crippen LogP contribution in [0.2, 0.25) is 0 Å². The number of nitro groups is 1. The number of nitriles is 1. The van der Waals surface area contributed by atoms with Gasteiger partial charge in [-0.05, 0) is 43.0 Å². The summed E-state index contributed by atoms with van der Waals surface area (Å²) in [4.78, 5) is 25.7. The van der Waals surface area contributed by atoms with Crippen LogP contribution >= 0.6 is 0 Å². The predicted octanol–water partition coefficient (Wildman–Crippen LogP) is 4.39. The van der Waals surface area contributed by atoms with Gasteiger partial charge in [-0.15, -0.1) is 0 Å². The van der Waals surface area contributed by atoms with Crippen LogP contribution in [0.3, 0.4) is 0 Å². The van der Waals surface area contributed by atoms with Gasteiger partial charge in [-0.2, -0.15) is 5.26 Å². The van der Waals surface area contributed by atoms with Crippen LogP contribution in [-0.4, -0.2) is 31.0 Å². The number of carbonyl (C=O) groups excluding carboxylic acids is 1. The maximum Gasteiger partial charge on any atom is 0.270 e. The lowest BCUT2D eigenvalue weighted by molar-refractivity contribution is -0.384. The molecular formula is C23H24N4O4. The molecule has 1 saturated heterocycles. The van der Waals surface area contributed by atoms with Gasteiger partial charge in [-0.1, -0.05) is 19.1 Å². The molecule has 1 fully saturated rings. The second-order valence-electron chi connectivity index (χ2n) is 7.49. The van der Waals surface area contributed by atoms with E-state index < -0.39 is 10.8 Å². The third-order valence-electron chi connectivity index (χ3n) is 5.37. The molecule has 0 spiro atoms. The molecule has 1 amide bonds. The predicted molar refractivity (Wildman–Crippen MR) is 119 cm³/mol. The van der Waals surface area contributed by atoms with Crippen LogP contribution < -0.4 is 15.0 Å². The van der Waals surface area contributed by atoms with Crippen LogP contribution in [0.1, 0.15) is 25.3 Å². The summed E-state index contributed by atoms with van der Waals surface area (Å²) < 4.78 is 5.23. The molecule has 1 heterocycles. The van der Waals surface area contributed by atoms with E-state index in [1.54, 1.807) is 30.3 Å². The van der Waals surface area contributed by atoms with Gasteiger partial charge in [-0.3, -0.25) is 14.9 Å².